The van der Waals surface area contributed by atoms with E-state index in [2.05, 4.69) is 5.32 Å². The number of anilines is 1. The van der Waals surface area contributed by atoms with Crippen LogP contribution in [0.15, 0.2) is 66.7 Å². The van der Waals surface area contributed by atoms with Crippen LogP contribution in [0, 0.1) is 6.92 Å². The molecule has 0 radical (unpaired) electrons. The Hall–Kier alpha value is -3.93. The van der Waals surface area contributed by atoms with Crippen LogP contribution in [-0.4, -0.2) is 24.5 Å². The number of aryl methyl sites for hydroxylation is 1. The van der Waals surface area contributed by atoms with Gasteiger partial charge < -0.3 is 14.8 Å². The third-order valence-corrected chi connectivity index (χ3v) is 5.34. The predicted molar refractivity (Wildman–Crippen MR) is 120 cm³/mol. The molecule has 0 aromatic heterocycles. The lowest BCUT2D eigenvalue weighted by Gasteiger charge is -2.25. The van der Waals surface area contributed by atoms with Crippen LogP contribution in [0.3, 0.4) is 0 Å². The molecule has 1 aliphatic rings. The summed E-state index contributed by atoms with van der Waals surface area (Å²) in [5.74, 6) is -1.10. The van der Waals surface area contributed by atoms with Gasteiger partial charge in [-0.05, 0) is 67.4 Å². The molecule has 1 aliphatic heterocycles. The van der Waals surface area contributed by atoms with E-state index in [1.54, 1.807) is 49.4 Å². The van der Waals surface area contributed by atoms with E-state index in [0.29, 0.717) is 35.4 Å². The molecule has 1 amide bonds. The first kappa shape index (κ1) is 21.3. The maximum atomic E-state index is 12.8. The molecular weight excluding hydrogens is 406 g/mol. The molecular formula is C26H23NO5. The molecule has 162 valence electrons. The number of carbonyl (C=O) groups excluding carboxylic acids is 3. The minimum absolute atomic E-state index is 0.300. The lowest BCUT2D eigenvalue weighted by molar-refractivity contribution is 0.0252. The summed E-state index contributed by atoms with van der Waals surface area (Å²) in [4.78, 5) is 37.0. The fourth-order valence-electron chi connectivity index (χ4n) is 3.61. The van der Waals surface area contributed by atoms with Crippen molar-refractivity contribution in [1.29, 1.82) is 0 Å². The maximum absolute atomic E-state index is 12.8. The molecule has 1 heterocycles. The van der Waals surface area contributed by atoms with E-state index in [1.807, 2.05) is 31.2 Å². The molecule has 1 atom stereocenters. The van der Waals surface area contributed by atoms with Gasteiger partial charge in [0.1, 0.15) is 6.10 Å². The molecule has 3 aromatic carbocycles. The summed E-state index contributed by atoms with van der Waals surface area (Å²) in [6.07, 6.45) is 0.115. The number of fused-ring (bicyclic) bond motifs is 1. The molecule has 0 bridgehead atoms. The standard InChI is InChI=1S/C26H23NO5/c1-3-31-25(29)18-8-11-21(12-9-18)27-24(28)19-10-13-22-20(14-19)15-23(32-26(22)30)17-6-4-16(2)5-7-17/h4-14,23H,3,15H2,1-2H3,(H,27,28)/t23-/m1/s1. The summed E-state index contributed by atoms with van der Waals surface area (Å²) in [5, 5.41) is 2.82. The fourth-order valence-corrected chi connectivity index (χ4v) is 3.61. The fraction of sp³-hybridized carbons (Fsp3) is 0.192. The van der Waals surface area contributed by atoms with Gasteiger partial charge in [-0.2, -0.15) is 0 Å². The number of hydrogen-bond donors (Lipinski definition) is 1. The Labute approximate surface area is 186 Å². The number of ether oxygens (including phenoxy) is 2. The highest BCUT2D eigenvalue weighted by molar-refractivity contribution is 6.05. The normalized spacial score (nSPS) is 14.8. The first-order valence-corrected chi connectivity index (χ1v) is 10.4. The number of amides is 1. The van der Waals surface area contributed by atoms with Crippen LogP contribution in [-0.2, 0) is 15.9 Å². The molecule has 0 saturated heterocycles. The van der Waals surface area contributed by atoms with E-state index < -0.39 is 11.9 Å². The lowest BCUT2D eigenvalue weighted by atomic mass is 9.92. The average molecular weight is 429 g/mol. The Balaban J connectivity index is 1.50. The Bertz CT molecular complexity index is 1170. The Morgan fingerprint density at radius 1 is 1.00 bits per heavy atom. The van der Waals surface area contributed by atoms with Gasteiger partial charge in [0.2, 0.25) is 0 Å². The molecule has 0 aliphatic carbocycles. The zero-order valence-electron chi connectivity index (χ0n) is 17.9. The number of carbonyl (C=O) groups is 3. The van der Waals surface area contributed by atoms with Crippen molar-refractivity contribution in [3.8, 4) is 0 Å². The van der Waals surface area contributed by atoms with Crippen LogP contribution in [0.2, 0.25) is 0 Å². The van der Waals surface area contributed by atoms with Gasteiger partial charge in [-0.25, -0.2) is 9.59 Å². The highest BCUT2D eigenvalue weighted by Crippen LogP contribution is 2.31. The van der Waals surface area contributed by atoms with Crippen molar-refractivity contribution in [3.63, 3.8) is 0 Å². The topological polar surface area (TPSA) is 81.7 Å². The summed E-state index contributed by atoms with van der Waals surface area (Å²) in [6, 6.07) is 19.3. The van der Waals surface area contributed by atoms with Gasteiger partial charge in [-0.1, -0.05) is 29.8 Å². The van der Waals surface area contributed by atoms with Crippen molar-refractivity contribution in [2.75, 3.05) is 11.9 Å². The van der Waals surface area contributed by atoms with E-state index >= 15 is 0 Å². The van der Waals surface area contributed by atoms with Crippen LogP contribution in [0.25, 0.3) is 0 Å². The second-order valence-electron chi connectivity index (χ2n) is 7.63. The van der Waals surface area contributed by atoms with Crippen molar-refractivity contribution in [1.82, 2.24) is 0 Å². The summed E-state index contributed by atoms with van der Waals surface area (Å²) in [5.41, 5.74) is 4.71. The monoisotopic (exact) mass is 429 g/mol. The SMILES string of the molecule is CCOC(=O)c1ccc(NC(=O)c2ccc3c(c2)C[C@H](c2ccc(C)cc2)OC3=O)cc1. The summed E-state index contributed by atoms with van der Waals surface area (Å²) in [7, 11) is 0. The van der Waals surface area contributed by atoms with Crippen LogP contribution >= 0.6 is 0 Å². The van der Waals surface area contributed by atoms with Crippen molar-refractivity contribution in [2.24, 2.45) is 0 Å². The van der Waals surface area contributed by atoms with Crippen molar-refractivity contribution >= 4 is 23.5 Å². The lowest BCUT2D eigenvalue weighted by Crippen LogP contribution is -2.23. The van der Waals surface area contributed by atoms with Crippen molar-refractivity contribution in [3.05, 3.63) is 100 Å². The van der Waals surface area contributed by atoms with Crippen LogP contribution in [0.1, 0.15) is 60.8 Å². The molecule has 3 aromatic rings. The van der Waals surface area contributed by atoms with Crippen LogP contribution in [0.5, 0.6) is 0 Å². The smallest absolute Gasteiger partial charge is 0.339 e. The third-order valence-electron chi connectivity index (χ3n) is 5.34. The summed E-state index contributed by atoms with van der Waals surface area (Å²) >= 11 is 0. The minimum atomic E-state index is -0.407. The predicted octanol–water partition coefficient (Wildman–Crippen LogP) is 4.88. The first-order valence-electron chi connectivity index (χ1n) is 10.4. The molecule has 0 unspecified atom stereocenters. The quantitative estimate of drug-likeness (QED) is 0.585. The zero-order chi connectivity index (χ0) is 22.7. The van der Waals surface area contributed by atoms with Crippen molar-refractivity contribution in [2.45, 2.75) is 26.4 Å². The van der Waals surface area contributed by atoms with E-state index in [-0.39, 0.29) is 12.0 Å². The summed E-state index contributed by atoms with van der Waals surface area (Å²) in [6.45, 7) is 4.04. The maximum Gasteiger partial charge on any atom is 0.339 e. The zero-order valence-corrected chi connectivity index (χ0v) is 17.9. The average Bonchev–Trinajstić information content (AvgIpc) is 2.79. The largest absolute Gasteiger partial charge is 0.462 e. The van der Waals surface area contributed by atoms with Crippen LogP contribution < -0.4 is 5.32 Å². The molecule has 0 fully saturated rings. The Kier molecular flexibility index (Phi) is 6.03. The van der Waals surface area contributed by atoms with E-state index in [1.165, 1.54) is 0 Å². The number of cyclic esters (lactones) is 1. The molecule has 6 nitrogen and oxygen atoms in total. The van der Waals surface area contributed by atoms with Gasteiger partial charge in [-0.3, -0.25) is 4.79 Å². The molecule has 1 N–H and O–H groups in total. The van der Waals surface area contributed by atoms with Gasteiger partial charge in [0.15, 0.2) is 0 Å². The molecule has 0 spiro atoms. The number of nitrogens with one attached hydrogen (secondary N) is 1. The molecule has 32 heavy (non-hydrogen) atoms. The Morgan fingerprint density at radius 3 is 2.38 bits per heavy atom. The van der Waals surface area contributed by atoms with Crippen molar-refractivity contribution < 1.29 is 23.9 Å². The molecule has 4 rings (SSSR count). The Morgan fingerprint density at radius 2 is 1.69 bits per heavy atom. The van der Waals surface area contributed by atoms with Gasteiger partial charge in [0, 0.05) is 17.7 Å². The highest BCUT2D eigenvalue weighted by atomic mass is 16.5. The van der Waals surface area contributed by atoms with Gasteiger partial charge >= 0.3 is 11.9 Å². The summed E-state index contributed by atoms with van der Waals surface area (Å²) < 4.78 is 10.6. The van der Waals surface area contributed by atoms with E-state index in [4.69, 9.17) is 9.47 Å². The third kappa shape index (κ3) is 4.54. The molecule has 6 heteroatoms. The van der Waals surface area contributed by atoms with E-state index in [0.717, 1.165) is 16.7 Å². The second-order valence-corrected chi connectivity index (χ2v) is 7.63. The van der Waals surface area contributed by atoms with E-state index in [9.17, 15) is 14.4 Å². The van der Waals surface area contributed by atoms with Crippen LogP contribution in [0.4, 0.5) is 5.69 Å². The first-order chi connectivity index (χ1) is 15.4. The number of benzene rings is 3. The number of esters is 2. The van der Waals surface area contributed by atoms with Gasteiger partial charge in [-0.15, -0.1) is 0 Å². The van der Waals surface area contributed by atoms with Gasteiger partial charge in [0.05, 0.1) is 17.7 Å². The highest BCUT2D eigenvalue weighted by Gasteiger charge is 2.28. The number of rotatable bonds is 5. The minimum Gasteiger partial charge on any atom is -0.462 e. The molecule has 0 saturated carbocycles. The number of hydrogen-bond acceptors (Lipinski definition) is 5. The van der Waals surface area contributed by atoms with Gasteiger partial charge in [0.25, 0.3) is 5.91 Å². The second kappa shape index (κ2) is 9.06.